The number of carbonyl (C=O) groups is 1. The molecule has 0 aliphatic heterocycles. The van der Waals surface area contributed by atoms with Gasteiger partial charge in [-0.3, -0.25) is 4.79 Å². The topological polar surface area (TPSA) is 46.3 Å². The van der Waals surface area contributed by atoms with E-state index in [1.54, 1.807) is 24.9 Å². The second-order valence-electron chi connectivity index (χ2n) is 4.33. The van der Waals surface area contributed by atoms with E-state index in [9.17, 15) is 9.18 Å². The van der Waals surface area contributed by atoms with Crippen molar-refractivity contribution in [2.75, 3.05) is 19.1 Å². The molecule has 0 fully saturated rings. The number of rotatable bonds is 6. The van der Waals surface area contributed by atoms with Crippen LogP contribution in [0.5, 0.6) is 0 Å². The van der Waals surface area contributed by atoms with Gasteiger partial charge in [0.05, 0.1) is 11.1 Å². The third-order valence-electron chi connectivity index (χ3n) is 2.73. The number of hydrogen-bond acceptors (Lipinski definition) is 3. The zero-order valence-corrected chi connectivity index (χ0v) is 12.6. The summed E-state index contributed by atoms with van der Waals surface area (Å²) in [5, 5.41) is 0.0781. The molecule has 0 spiro atoms. The van der Waals surface area contributed by atoms with E-state index >= 15 is 0 Å². The molecule has 0 bridgehead atoms. The molecule has 6 heteroatoms. The molecule has 0 unspecified atom stereocenters. The molecule has 1 aromatic carbocycles. The normalized spacial score (nSPS) is 12.3. The standard InChI is InChI=1S/C13H18ClFN2OS/c1-17(13(18)12(16)5-6-19-2)8-9-3-4-10(14)11(15)7-9/h3-4,7,12H,5-6,8,16H2,1-2H3/t12-/m0/s1. The minimum absolute atomic E-state index is 0.0781. The Morgan fingerprint density at radius 1 is 1.58 bits per heavy atom. The van der Waals surface area contributed by atoms with Gasteiger partial charge in [0, 0.05) is 13.6 Å². The van der Waals surface area contributed by atoms with Crippen LogP contribution in [0.15, 0.2) is 18.2 Å². The highest BCUT2D eigenvalue weighted by Crippen LogP contribution is 2.16. The average molecular weight is 305 g/mol. The number of nitrogens with zero attached hydrogens (tertiary/aromatic N) is 1. The molecule has 1 aromatic rings. The molecule has 0 aliphatic rings. The Morgan fingerprint density at radius 2 is 2.26 bits per heavy atom. The van der Waals surface area contributed by atoms with Crippen LogP contribution in [0.25, 0.3) is 0 Å². The van der Waals surface area contributed by atoms with E-state index in [0.29, 0.717) is 18.5 Å². The van der Waals surface area contributed by atoms with Gasteiger partial charge in [-0.1, -0.05) is 17.7 Å². The summed E-state index contributed by atoms with van der Waals surface area (Å²) >= 11 is 7.26. The van der Waals surface area contributed by atoms with E-state index in [1.807, 2.05) is 6.26 Å². The lowest BCUT2D eigenvalue weighted by Gasteiger charge is -2.21. The van der Waals surface area contributed by atoms with E-state index < -0.39 is 11.9 Å². The molecule has 0 saturated heterocycles. The Labute approximate surface area is 122 Å². The summed E-state index contributed by atoms with van der Waals surface area (Å²) < 4.78 is 13.3. The lowest BCUT2D eigenvalue weighted by atomic mass is 10.1. The van der Waals surface area contributed by atoms with Gasteiger partial charge in [-0.15, -0.1) is 0 Å². The van der Waals surface area contributed by atoms with E-state index in [0.717, 1.165) is 5.75 Å². The highest BCUT2D eigenvalue weighted by Gasteiger charge is 2.17. The minimum Gasteiger partial charge on any atom is -0.340 e. The van der Waals surface area contributed by atoms with Crippen molar-refractivity contribution in [2.45, 2.75) is 19.0 Å². The number of likely N-dealkylation sites (N-methyl/N-ethyl adjacent to an activating group) is 1. The van der Waals surface area contributed by atoms with Crippen LogP contribution in [0.2, 0.25) is 5.02 Å². The van der Waals surface area contributed by atoms with Gasteiger partial charge >= 0.3 is 0 Å². The second-order valence-corrected chi connectivity index (χ2v) is 5.72. The number of halogens is 2. The summed E-state index contributed by atoms with van der Waals surface area (Å²) in [7, 11) is 1.66. The molecule has 1 amide bonds. The van der Waals surface area contributed by atoms with Gasteiger partial charge in [0.25, 0.3) is 0 Å². The number of thioether (sulfide) groups is 1. The largest absolute Gasteiger partial charge is 0.340 e. The zero-order chi connectivity index (χ0) is 14.4. The second kappa shape index (κ2) is 7.72. The Kier molecular flexibility index (Phi) is 6.62. The van der Waals surface area contributed by atoms with Crippen LogP contribution >= 0.6 is 23.4 Å². The monoisotopic (exact) mass is 304 g/mol. The van der Waals surface area contributed by atoms with Crippen LogP contribution in [0, 0.1) is 5.82 Å². The lowest BCUT2D eigenvalue weighted by Crippen LogP contribution is -2.41. The Hall–Kier alpha value is -0.780. The smallest absolute Gasteiger partial charge is 0.239 e. The first kappa shape index (κ1) is 16.3. The van der Waals surface area contributed by atoms with E-state index in [2.05, 4.69) is 0 Å². The van der Waals surface area contributed by atoms with Crippen molar-refractivity contribution >= 4 is 29.3 Å². The van der Waals surface area contributed by atoms with Crippen LogP contribution < -0.4 is 5.73 Å². The first-order valence-electron chi connectivity index (χ1n) is 5.89. The molecular formula is C13H18ClFN2OS. The molecule has 1 atom stereocenters. The quantitative estimate of drug-likeness (QED) is 0.878. The van der Waals surface area contributed by atoms with Crippen molar-refractivity contribution < 1.29 is 9.18 Å². The van der Waals surface area contributed by atoms with E-state index in [-0.39, 0.29) is 10.9 Å². The number of hydrogen-bond donors (Lipinski definition) is 1. The third kappa shape index (κ3) is 5.01. The summed E-state index contributed by atoms with van der Waals surface area (Å²) in [6.45, 7) is 0.319. The van der Waals surface area contributed by atoms with E-state index in [1.165, 1.54) is 17.0 Å². The van der Waals surface area contributed by atoms with Crippen LogP contribution in [-0.4, -0.2) is 35.9 Å². The van der Waals surface area contributed by atoms with Crippen LogP contribution in [0.4, 0.5) is 4.39 Å². The third-order valence-corrected chi connectivity index (χ3v) is 3.68. The molecule has 0 radical (unpaired) electrons. The van der Waals surface area contributed by atoms with Gasteiger partial charge < -0.3 is 10.6 Å². The summed E-state index contributed by atoms with van der Waals surface area (Å²) in [4.78, 5) is 13.5. The fraction of sp³-hybridized carbons (Fsp3) is 0.462. The summed E-state index contributed by atoms with van der Waals surface area (Å²) in [5.41, 5.74) is 6.50. The molecule has 106 valence electrons. The van der Waals surface area contributed by atoms with Crippen molar-refractivity contribution in [3.63, 3.8) is 0 Å². The average Bonchev–Trinajstić information content (AvgIpc) is 2.39. The number of carbonyl (C=O) groups excluding carboxylic acids is 1. The first-order valence-corrected chi connectivity index (χ1v) is 7.66. The fourth-order valence-electron chi connectivity index (χ4n) is 1.64. The van der Waals surface area contributed by atoms with Crippen molar-refractivity contribution in [2.24, 2.45) is 5.73 Å². The van der Waals surface area contributed by atoms with Crippen LogP contribution in [0.3, 0.4) is 0 Å². The Bertz CT molecular complexity index is 445. The molecule has 2 N–H and O–H groups in total. The maximum absolute atomic E-state index is 13.3. The molecule has 0 saturated carbocycles. The highest BCUT2D eigenvalue weighted by molar-refractivity contribution is 7.98. The molecule has 0 aliphatic carbocycles. The van der Waals surface area contributed by atoms with Crippen molar-refractivity contribution in [3.05, 3.63) is 34.6 Å². The lowest BCUT2D eigenvalue weighted by molar-refractivity contribution is -0.131. The minimum atomic E-state index is -0.505. The van der Waals surface area contributed by atoms with Gasteiger partial charge in [0.2, 0.25) is 5.91 Å². The maximum Gasteiger partial charge on any atom is 0.239 e. The van der Waals surface area contributed by atoms with Gasteiger partial charge in [0.1, 0.15) is 5.82 Å². The number of nitrogens with two attached hydrogens (primary N) is 1. The summed E-state index contributed by atoms with van der Waals surface area (Å²) in [6, 6.07) is 4.01. The summed E-state index contributed by atoms with van der Waals surface area (Å²) in [5.74, 6) is 0.229. The van der Waals surface area contributed by atoms with Gasteiger partial charge in [0.15, 0.2) is 0 Å². The SMILES string of the molecule is CSCC[C@H](N)C(=O)N(C)Cc1ccc(Cl)c(F)c1. The van der Waals surface area contributed by atoms with Gasteiger partial charge in [-0.2, -0.15) is 11.8 Å². The predicted octanol–water partition coefficient (Wildman–Crippen LogP) is 2.52. The van der Waals surface area contributed by atoms with Crippen LogP contribution in [-0.2, 0) is 11.3 Å². The molecule has 19 heavy (non-hydrogen) atoms. The summed E-state index contributed by atoms with van der Waals surface area (Å²) in [6.07, 6.45) is 2.61. The molecular weight excluding hydrogens is 287 g/mol. The molecule has 1 rings (SSSR count). The number of benzene rings is 1. The number of amides is 1. The molecule has 0 aromatic heterocycles. The van der Waals surface area contributed by atoms with Gasteiger partial charge in [-0.05, 0) is 36.1 Å². The van der Waals surface area contributed by atoms with Crippen LogP contribution in [0.1, 0.15) is 12.0 Å². The highest BCUT2D eigenvalue weighted by atomic mass is 35.5. The molecule has 0 heterocycles. The van der Waals surface area contributed by atoms with E-state index in [4.69, 9.17) is 17.3 Å². The molecule has 3 nitrogen and oxygen atoms in total. The van der Waals surface area contributed by atoms with Crippen molar-refractivity contribution in [3.8, 4) is 0 Å². The predicted molar refractivity (Wildman–Crippen MR) is 78.9 cm³/mol. The van der Waals surface area contributed by atoms with Crippen molar-refractivity contribution in [1.82, 2.24) is 4.90 Å². The fourth-order valence-corrected chi connectivity index (χ4v) is 2.25. The zero-order valence-electron chi connectivity index (χ0n) is 11.0. The maximum atomic E-state index is 13.3. The van der Waals surface area contributed by atoms with Gasteiger partial charge in [-0.25, -0.2) is 4.39 Å². The Balaban J connectivity index is 2.60. The Morgan fingerprint density at radius 3 is 2.84 bits per heavy atom. The first-order chi connectivity index (χ1) is 8.95. The van der Waals surface area contributed by atoms with Crippen molar-refractivity contribution in [1.29, 1.82) is 0 Å².